The van der Waals surface area contributed by atoms with Gasteiger partial charge in [0.05, 0.1) is 5.52 Å². The van der Waals surface area contributed by atoms with Gasteiger partial charge in [-0.15, -0.1) is 0 Å². The van der Waals surface area contributed by atoms with Crippen molar-refractivity contribution in [1.82, 2.24) is 9.97 Å². The van der Waals surface area contributed by atoms with E-state index in [1.165, 1.54) is 0 Å². The highest BCUT2D eigenvalue weighted by atomic mass is 19.3. The average molecular weight is 285 g/mol. The van der Waals surface area contributed by atoms with Crippen LogP contribution in [0.2, 0.25) is 0 Å². The number of benzene rings is 2. The van der Waals surface area contributed by atoms with Gasteiger partial charge in [-0.1, -0.05) is 29.8 Å². The molecule has 0 aliphatic heterocycles. The standard InChI is InChI=1S/C16H13F2N3/c1-10-6-8-11(9-7-10)19-15-12-4-2-3-5-13(12)20-16(21-15)14(17)18/h2-9,14H,1H3,(H,19,20,21). The molecule has 0 aliphatic carbocycles. The predicted molar refractivity (Wildman–Crippen MR) is 79.0 cm³/mol. The summed E-state index contributed by atoms with van der Waals surface area (Å²) in [5.74, 6) is -0.0805. The van der Waals surface area contributed by atoms with Crippen LogP contribution in [-0.4, -0.2) is 9.97 Å². The van der Waals surface area contributed by atoms with Gasteiger partial charge in [0.1, 0.15) is 5.82 Å². The molecule has 2 aromatic carbocycles. The molecule has 0 saturated heterocycles. The van der Waals surface area contributed by atoms with Crippen molar-refractivity contribution in [3.05, 3.63) is 59.9 Å². The Morgan fingerprint density at radius 1 is 0.952 bits per heavy atom. The van der Waals surface area contributed by atoms with Crippen molar-refractivity contribution in [1.29, 1.82) is 0 Å². The van der Waals surface area contributed by atoms with E-state index in [9.17, 15) is 8.78 Å². The highest BCUT2D eigenvalue weighted by molar-refractivity contribution is 5.90. The molecule has 0 amide bonds. The number of hydrogen-bond donors (Lipinski definition) is 1. The largest absolute Gasteiger partial charge is 0.340 e. The third-order valence-electron chi connectivity index (χ3n) is 3.13. The summed E-state index contributed by atoms with van der Waals surface area (Å²) in [4.78, 5) is 7.84. The minimum absolute atomic E-state index is 0.389. The number of anilines is 2. The van der Waals surface area contributed by atoms with E-state index in [1.54, 1.807) is 18.2 Å². The third kappa shape index (κ3) is 2.81. The smallest absolute Gasteiger partial charge is 0.297 e. The van der Waals surface area contributed by atoms with Crippen LogP contribution in [0.3, 0.4) is 0 Å². The molecule has 0 fully saturated rings. The molecule has 0 saturated carbocycles. The number of nitrogens with one attached hydrogen (secondary N) is 1. The van der Waals surface area contributed by atoms with Crippen molar-refractivity contribution in [3.8, 4) is 0 Å². The first-order chi connectivity index (χ1) is 10.1. The quantitative estimate of drug-likeness (QED) is 0.763. The fraction of sp³-hybridized carbons (Fsp3) is 0.125. The van der Waals surface area contributed by atoms with Crippen molar-refractivity contribution in [3.63, 3.8) is 0 Å². The van der Waals surface area contributed by atoms with Gasteiger partial charge in [-0.3, -0.25) is 0 Å². The van der Waals surface area contributed by atoms with Crippen molar-refractivity contribution in [2.45, 2.75) is 13.3 Å². The maximum Gasteiger partial charge on any atom is 0.297 e. The van der Waals surface area contributed by atoms with Gasteiger partial charge in [0.25, 0.3) is 6.43 Å². The van der Waals surface area contributed by atoms with Crippen LogP contribution in [0.5, 0.6) is 0 Å². The SMILES string of the molecule is Cc1ccc(Nc2nc(C(F)F)nc3ccccc23)cc1. The second-order valence-electron chi connectivity index (χ2n) is 4.74. The van der Waals surface area contributed by atoms with E-state index in [-0.39, 0.29) is 0 Å². The fourth-order valence-electron chi connectivity index (χ4n) is 2.06. The summed E-state index contributed by atoms with van der Waals surface area (Å²) in [5.41, 5.74) is 2.42. The van der Waals surface area contributed by atoms with Crippen LogP contribution in [0, 0.1) is 6.92 Å². The highest BCUT2D eigenvalue weighted by Crippen LogP contribution is 2.26. The van der Waals surface area contributed by atoms with Gasteiger partial charge in [0.15, 0.2) is 5.82 Å². The zero-order valence-corrected chi connectivity index (χ0v) is 11.3. The van der Waals surface area contributed by atoms with Crippen molar-refractivity contribution in [2.24, 2.45) is 0 Å². The molecule has 3 rings (SSSR count). The molecule has 1 heterocycles. The molecule has 5 heteroatoms. The van der Waals surface area contributed by atoms with E-state index in [0.717, 1.165) is 11.3 Å². The molecule has 0 bridgehead atoms. The number of alkyl halides is 2. The van der Waals surface area contributed by atoms with E-state index < -0.39 is 12.2 Å². The first-order valence-electron chi connectivity index (χ1n) is 6.52. The number of fused-ring (bicyclic) bond motifs is 1. The summed E-state index contributed by atoms with van der Waals surface area (Å²) < 4.78 is 25.8. The van der Waals surface area contributed by atoms with Crippen LogP contribution in [-0.2, 0) is 0 Å². The zero-order valence-electron chi connectivity index (χ0n) is 11.3. The molecule has 1 aromatic heterocycles. The monoisotopic (exact) mass is 285 g/mol. The first kappa shape index (κ1) is 13.4. The summed E-state index contributed by atoms with van der Waals surface area (Å²) in [7, 11) is 0. The third-order valence-corrected chi connectivity index (χ3v) is 3.13. The molecule has 106 valence electrons. The molecule has 21 heavy (non-hydrogen) atoms. The Morgan fingerprint density at radius 2 is 1.67 bits per heavy atom. The van der Waals surface area contributed by atoms with E-state index in [2.05, 4.69) is 15.3 Å². The lowest BCUT2D eigenvalue weighted by Crippen LogP contribution is -2.02. The van der Waals surface area contributed by atoms with Gasteiger partial charge in [-0.25, -0.2) is 18.7 Å². The van der Waals surface area contributed by atoms with Crippen molar-refractivity contribution >= 4 is 22.4 Å². The van der Waals surface area contributed by atoms with Crippen LogP contribution >= 0.6 is 0 Å². The number of hydrogen-bond acceptors (Lipinski definition) is 3. The van der Waals surface area contributed by atoms with Crippen molar-refractivity contribution in [2.75, 3.05) is 5.32 Å². The summed E-state index contributed by atoms with van der Waals surface area (Å²) >= 11 is 0. The molecule has 0 atom stereocenters. The lowest BCUT2D eigenvalue weighted by Gasteiger charge is -2.10. The highest BCUT2D eigenvalue weighted by Gasteiger charge is 2.15. The van der Waals surface area contributed by atoms with Gasteiger partial charge < -0.3 is 5.32 Å². The molecule has 0 unspecified atom stereocenters. The Kier molecular flexibility index (Phi) is 3.48. The molecule has 3 nitrogen and oxygen atoms in total. The predicted octanol–water partition coefficient (Wildman–Crippen LogP) is 4.62. The lowest BCUT2D eigenvalue weighted by atomic mass is 10.2. The minimum Gasteiger partial charge on any atom is -0.340 e. The van der Waals surface area contributed by atoms with Gasteiger partial charge >= 0.3 is 0 Å². The molecule has 3 aromatic rings. The van der Waals surface area contributed by atoms with E-state index in [1.807, 2.05) is 37.3 Å². The second kappa shape index (κ2) is 5.44. The number of aryl methyl sites for hydroxylation is 1. The molecule has 0 aliphatic rings. The average Bonchev–Trinajstić information content (AvgIpc) is 2.49. The van der Waals surface area contributed by atoms with Gasteiger partial charge in [-0.05, 0) is 31.2 Å². The minimum atomic E-state index is -2.70. The van der Waals surface area contributed by atoms with Crippen LogP contribution in [0.25, 0.3) is 10.9 Å². The summed E-state index contributed by atoms with van der Waals surface area (Å²) in [6.45, 7) is 1.98. The second-order valence-corrected chi connectivity index (χ2v) is 4.74. The van der Waals surface area contributed by atoms with E-state index in [0.29, 0.717) is 16.7 Å². The van der Waals surface area contributed by atoms with E-state index >= 15 is 0 Å². The maximum atomic E-state index is 12.9. The molecule has 0 radical (unpaired) electrons. The Hall–Kier alpha value is -2.56. The Morgan fingerprint density at radius 3 is 2.38 bits per heavy atom. The Balaban J connectivity index is 2.09. The number of rotatable bonds is 3. The van der Waals surface area contributed by atoms with Crippen LogP contribution in [0.1, 0.15) is 17.8 Å². The topological polar surface area (TPSA) is 37.8 Å². The summed E-state index contributed by atoms with van der Waals surface area (Å²) in [6, 6.07) is 14.8. The Labute approximate surface area is 120 Å². The van der Waals surface area contributed by atoms with Crippen LogP contribution < -0.4 is 5.32 Å². The number of halogens is 2. The number of nitrogens with zero attached hydrogens (tertiary/aromatic N) is 2. The van der Waals surface area contributed by atoms with Gasteiger partial charge in [-0.2, -0.15) is 0 Å². The number of para-hydroxylation sites is 1. The first-order valence-corrected chi connectivity index (χ1v) is 6.52. The van der Waals surface area contributed by atoms with Crippen LogP contribution in [0.4, 0.5) is 20.3 Å². The van der Waals surface area contributed by atoms with Crippen molar-refractivity contribution < 1.29 is 8.78 Å². The molecular formula is C16H13F2N3. The molecular weight excluding hydrogens is 272 g/mol. The Bertz CT molecular complexity index is 770. The van der Waals surface area contributed by atoms with Gasteiger partial charge in [0.2, 0.25) is 0 Å². The summed E-state index contributed by atoms with van der Waals surface area (Å²) in [6.07, 6.45) is -2.70. The summed E-state index contributed by atoms with van der Waals surface area (Å²) in [5, 5.41) is 3.80. The van der Waals surface area contributed by atoms with Gasteiger partial charge in [0, 0.05) is 11.1 Å². The van der Waals surface area contributed by atoms with Crippen LogP contribution in [0.15, 0.2) is 48.5 Å². The zero-order chi connectivity index (χ0) is 14.8. The molecule has 1 N–H and O–H groups in total. The normalized spacial score (nSPS) is 11.0. The maximum absolute atomic E-state index is 12.9. The van der Waals surface area contributed by atoms with E-state index in [4.69, 9.17) is 0 Å². The molecule has 0 spiro atoms. The fourth-order valence-corrected chi connectivity index (χ4v) is 2.06. The number of aromatic nitrogens is 2. The lowest BCUT2D eigenvalue weighted by molar-refractivity contribution is 0.141.